The first-order valence-electron chi connectivity index (χ1n) is 5.98. The molecule has 0 spiro atoms. The first-order valence-corrected chi connectivity index (χ1v) is 5.98. The van der Waals surface area contributed by atoms with Crippen LogP contribution in [0.5, 0.6) is 5.75 Å². The van der Waals surface area contributed by atoms with Crippen molar-refractivity contribution in [1.82, 2.24) is 0 Å². The number of rotatable bonds is 3. The van der Waals surface area contributed by atoms with Crippen LogP contribution >= 0.6 is 0 Å². The molecule has 0 aromatic heterocycles. The van der Waals surface area contributed by atoms with E-state index in [0.717, 1.165) is 25.7 Å². The van der Waals surface area contributed by atoms with Gasteiger partial charge in [-0.05, 0) is 49.3 Å². The van der Waals surface area contributed by atoms with Crippen molar-refractivity contribution in [2.24, 2.45) is 10.9 Å². The molecule has 1 aromatic rings. The second-order valence-electron chi connectivity index (χ2n) is 4.63. The average Bonchev–Trinajstić information content (AvgIpc) is 2.33. The lowest BCUT2D eigenvalue weighted by Crippen LogP contribution is -2.25. The summed E-state index contributed by atoms with van der Waals surface area (Å²) in [6.45, 7) is 3.28. The van der Waals surface area contributed by atoms with Crippen molar-refractivity contribution in [3.05, 3.63) is 23.8 Å². The van der Waals surface area contributed by atoms with Crippen LogP contribution in [0, 0.1) is 0 Å². The van der Waals surface area contributed by atoms with E-state index in [1.54, 1.807) is 0 Å². The van der Waals surface area contributed by atoms with Gasteiger partial charge in [-0.3, -0.25) is 0 Å². The van der Waals surface area contributed by atoms with Gasteiger partial charge in [-0.2, -0.15) is 0 Å². The van der Waals surface area contributed by atoms with E-state index in [9.17, 15) is 0 Å². The maximum Gasteiger partial charge on any atom is 0.180 e. The van der Waals surface area contributed by atoms with Crippen molar-refractivity contribution in [3.8, 4) is 5.75 Å². The van der Waals surface area contributed by atoms with Crippen molar-refractivity contribution in [2.45, 2.75) is 37.6 Å². The molecule has 1 fully saturated rings. The van der Waals surface area contributed by atoms with Crippen molar-refractivity contribution in [1.29, 1.82) is 0 Å². The molecular formula is C13H19N3O. The summed E-state index contributed by atoms with van der Waals surface area (Å²) in [5, 5.41) is 3.37. The summed E-state index contributed by atoms with van der Waals surface area (Å²) >= 11 is 0. The number of oxime groups is 1. The number of nitrogens with zero attached hydrogens (tertiary/aromatic N) is 1. The zero-order valence-electron chi connectivity index (χ0n) is 9.93. The lowest BCUT2D eigenvalue weighted by atomic mass is 9.82. The van der Waals surface area contributed by atoms with Gasteiger partial charge >= 0.3 is 0 Å². The lowest BCUT2D eigenvalue weighted by molar-refractivity contribution is 0.347. The highest BCUT2D eigenvalue weighted by atomic mass is 16.6. The molecule has 0 atom stereocenters. The summed E-state index contributed by atoms with van der Waals surface area (Å²) in [5.41, 5.74) is 13.7. The molecule has 4 nitrogen and oxygen atoms in total. The number of hydrogen-bond donors (Lipinski definition) is 2. The summed E-state index contributed by atoms with van der Waals surface area (Å²) in [7, 11) is 0. The Morgan fingerprint density at radius 2 is 1.94 bits per heavy atom. The molecule has 0 bridgehead atoms. The Hall–Kier alpha value is -1.55. The standard InChI is InChI=1S/C13H19N3O/c1-16-17-13-7-4-10(8-12(13)15)9-2-5-11(14)6-3-9/h4,7-9,11H,1-3,5-6,14-15H2. The highest BCUT2D eigenvalue weighted by Crippen LogP contribution is 2.35. The van der Waals surface area contributed by atoms with E-state index in [-0.39, 0.29) is 0 Å². The van der Waals surface area contributed by atoms with Gasteiger partial charge < -0.3 is 16.3 Å². The molecular weight excluding hydrogens is 214 g/mol. The molecule has 92 valence electrons. The van der Waals surface area contributed by atoms with Crippen molar-refractivity contribution in [2.75, 3.05) is 5.73 Å². The van der Waals surface area contributed by atoms with Crippen LogP contribution in [-0.2, 0) is 0 Å². The van der Waals surface area contributed by atoms with Gasteiger partial charge in [0.25, 0.3) is 0 Å². The van der Waals surface area contributed by atoms with Crippen LogP contribution in [0.4, 0.5) is 5.69 Å². The largest absolute Gasteiger partial charge is 0.396 e. The third-order valence-corrected chi connectivity index (χ3v) is 3.44. The van der Waals surface area contributed by atoms with Gasteiger partial charge in [0, 0.05) is 12.8 Å². The summed E-state index contributed by atoms with van der Waals surface area (Å²) in [6.07, 6.45) is 4.47. The Balaban J connectivity index is 2.11. The van der Waals surface area contributed by atoms with Gasteiger partial charge in [-0.25, -0.2) is 0 Å². The Morgan fingerprint density at radius 3 is 2.53 bits per heavy atom. The molecule has 4 heteroatoms. The molecule has 17 heavy (non-hydrogen) atoms. The van der Waals surface area contributed by atoms with E-state index >= 15 is 0 Å². The molecule has 0 heterocycles. The number of nitrogens with two attached hydrogens (primary N) is 2. The van der Waals surface area contributed by atoms with Crippen LogP contribution in [0.25, 0.3) is 0 Å². The maximum absolute atomic E-state index is 5.90. The van der Waals surface area contributed by atoms with Crippen molar-refractivity contribution in [3.63, 3.8) is 0 Å². The Labute approximate surface area is 102 Å². The Bertz CT molecular complexity index is 398. The van der Waals surface area contributed by atoms with E-state index in [1.807, 2.05) is 12.1 Å². The number of anilines is 1. The first kappa shape index (κ1) is 11.9. The molecule has 1 saturated carbocycles. The molecule has 0 radical (unpaired) electrons. The zero-order valence-corrected chi connectivity index (χ0v) is 9.93. The van der Waals surface area contributed by atoms with Gasteiger partial charge in [-0.1, -0.05) is 11.2 Å². The zero-order chi connectivity index (χ0) is 12.3. The highest BCUT2D eigenvalue weighted by Gasteiger charge is 2.20. The molecule has 0 unspecified atom stereocenters. The van der Waals surface area contributed by atoms with Crippen LogP contribution in [0.2, 0.25) is 0 Å². The smallest absolute Gasteiger partial charge is 0.180 e. The van der Waals surface area contributed by atoms with Crippen LogP contribution in [0.1, 0.15) is 37.2 Å². The minimum atomic E-state index is 0.371. The third kappa shape index (κ3) is 2.77. The summed E-state index contributed by atoms with van der Waals surface area (Å²) in [5.74, 6) is 1.14. The predicted molar refractivity (Wildman–Crippen MR) is 70.2 cm³/mol. The second kappa shape index (κ2) is 5.19. The molecule has 1 aliphatic carbocycles. The fourth-order valence-electron chi connectivity index (χ4n) is 2.43. The van der Waals surface area contributed by atoms with Gasteiger partial charge in [0.2, 0.25) is 0 Å². The predicted octanol–water partition coefficient (Wildman–Crippen LogP) is 2.25. The van der Waals surface area contributed by atoms with E-state index < -0.39 is 0 Å². The van der Waals surface area contributed by atoms with Crippen LogP contribution in [0.15, 0.2) is 23.4 Å². The number of nitrogen functional groups attached to an aromatic ring is 1. The van der Waals surface area contributed by atoms with E-state index in [4.69, 9.17) is 16.3 Å². The molecule has 0 saturated heterocycles. The van der Waals surface area contributed by atoms with Gasteiger partial charge in [0.05, 0.1) is 5.69 Å². The van der Waals surface area contributed by atoms with Gasteiger partial charge in [-0.15, -0.1) is 0 Å². The average molecular weight is 233 g/mol. The monoisotopic (exact) mass is 233 g/mol. The minimum Gasteiger partial charge on any atom is -0.396 e. The minimum absolute atomic E-state index is 0.371. The molecule has 0 amide bonds. The topological polar surface area (TPSA) is 73.6 Å². The van der Waals surface area contributed by atoms with E-state index in [2.05, 4.69) is 17.9 Å². The van der Waals surface area contributed by atoms with Crippen molar-refractivity contribution < 1.29 is 4.84 Å². The molecule has 2 rings (SSSR count). The Morgan fingerprint density at radius 1 is 1.24 bits per heavy atom. The van der Waals surface area contributed by atoms with Crippen molar-refractivity contribution >= 4 is 12.4 Å². The normalized spacial score (nSPS) is 24.3. The maximum atomic E-state index is 5.90. The summed E-state index contributed by atoms with van der Waals surface area (Å²) < 4.78 is 0. The molecule has 4 N–H and O–H groups in total. The lowest BCUT2D eigenvalue weighted by Gasteiger charge is -2.26. The molecule has 0 aliphatic heterocycles. The van der Waals surface area contributed by atoms with Gasteiger partial charge in [0.15, 0.2) is 5.75 Å². The van der Waals surface area contributed by atoms with Crippen LogP contribution in [-0.4, -0.2) is 12.8 Å². The number of benzene rings is 1. The fraction of sp³-hybridized carbons (Fsp3) is 0.462. The van der Waals surface area contributed by atoms with E-state index in [1.165, 1.54) is 5.56 Å². The fourth-order valence-corrected chi connectivity index (χ4v) is 2.43. The second-order valence-corrected chi connectivity index (χ2v) is 4.63. The molecule has 1 aliphatic rings. The van der Waals surface area contributed by atoms with Gasteiger partial charge in [0.1, 0.15) is 0 Å². The summed E-state index contributed by atoms with van der Waals surface area (Å²) in [6, 6.07) is 6.25. The quantitative estimate of drug-likeness (QED) is 0.477. The highest BCUT2D eigenvalue weighted by molar-refractivity contribution is 5.55. The van der Waals surface area contributed by atoms with E-state index in [0.29, 0.717) is 23.4 Å². The first-order chi connectivity index (χ1) is 8.20. The third-order valence-electron chi connectivity index (χ3n) is 3.44. The van der Waals surface area contributed by atoms with Crippen LogP contribution in [0.3, 0.4) is 0 Å². The summed E-state index contributed by atoms with van der Waals surface area (Å²) in [4.78, 5) is 4.96. The SMILES string of the molecule is C=NOc1ccc(C2CCC(N)CC2)cc1N. The molecule has 1 aromatic carbocycles. The van der Waals surface area contributed by atoms with Crippen LogP contribution < -0.4 is 16.3 Å². The Kier molecular flexibility index (Phi) is 3.64. The number of hydrogen-bond acceptors (Lipinski definition) is 4.